The molecular weight excluding hydrogens is 847 g/mol. The number of allylic oxidation sites excluding steroid dienone is 12. The Bertz CT molecular complexity index is 2320. The molecular formula is C49H58Cl2N2O10. The normalized spacial score (nSPS) is 24.1. The second kappa shape index (κ2) is 20.0. The Kier molecular flexibility index (Phi) is 16.0. The van der Waals surface area contributed by atoms with Gasteiger partial charge in [0.1, 0.15) is 5.54 Å². The van der Waals surface area contributed by atoms with E-state index in [2.05, 4.69) is 39.8 Å². The van der Waals surface area contributed by atoms with E-state index in [1.54, 1.807) is 18.4 Å². The number of carboxylic acid groups (broad SMARTS) is 1. The largest absolute Gasteiger partial charge is 0.479 e. The highest BCUT2D eigenvalue weighted by atomic mass is 35.5. The number of esters is 2. The highest BCUT2D eigenvalue weighted by Gasteiger charge is 2.54. The summed E-state index contributed by atoms with van der Waals surface area (Å²) in [5.41, 5.74) is -2.96. The van der Waals surface area contributed by atoms with Crippen molar-refractivity contribution in [2.75, 3.05) is 6.54 Å². The van der Waals surface area contributed by atoms with E-state index in [-0.39, 0.29) is 51.2 Å². The Morgan fingerprint density at radius 3 is 1.59 bits per heavy atom. The van der Waals surface area contributed by atoms with Gasteiger partial charge in [0.05, 0.1) is 10.1 Å². The average molecular weight is 906 g/mol. The second-order valence-electron chi connectivity index (χ2n) is 17.1. The summed E-state index contributed by atoms with van der Waals surface area (Å²) in [6, 6.07) is 0. The number of fused-ring (bicyclic) bond motifs is 2. The van der Waals surface area contributed by atoms with Crippen LogP contribution in [0.2, 0.25) is 0 Å². The molecule has 0 aromatic heterocycles. The number of halogens is 2. The topological polar surface area (TPSA) is 165 Å². The van der Waals surface area contributed by atoms with Crippen LogP contribution >= 0.6 is 23.2 Å². The van der Waals surface area contributed by atoms with Crippen molar-refractivity contribution in [1.82, 2.24) is 9.80 Å². The van der Waals surface area contributed by atoms with Crippen molar-refractivity contribution in [2.24, 2.45) is 11.8 Å². The smallest absolute Gasteiger partial charge is 0.329 e. The molecule has 2 aliphatic carbocycles. The summed E-state index contributed by atoms with van der Waals surface area (Å²) >= 11 is 13.2. The van der Waals surface area contributed by atoms with E-state index >= 15 is 0 Å². The monoisotopic (exact) mass is 904 g/mol. The molecule has 2 aliphatic heterocycles. The van der Waals surface area contributed by atoms with Crippen LogP contribution in [0.25, 0.3) is 0 Å². The number of hydrogen-bond acceptors (Lipinski definition) is 11. The third-order valence-electron chi connectivity index (χ3n) is 11.8. The lowest BCUT2D eigenvalue weighted by Crippen LogP contribution is -2.54. The number of carbonyl (C=O) groups excluding carboxylic acids is 6. The Labute approximate surface area is 380 Å². The van der Waals surface area contributed by atoms with Gasteiger partial charge in [0.2, 0.25) is 34.3 Å². The maximum Gasteiger partial charge on any atom is 0.329 e. The van der Waals surface area contributed by atoms with Gasteiger partial charge < -0.3 is 24.4 Å². The van der Waals surface area contributed by atoms with Crippen LogP contribution in [0.1, 0.15) is 108 Å². The predicted molar refractivity (Wildman–Crippen MR) is 242 cm³/mol. The third-order valence-corrected chi connectivity index (χ3v) is 12.6. The van der Waals surface area contributed by atoms with Gasteiger partial charge in [-0.15, -0.1) is 0 Å². The van der Waals surface area contributed by atoms with Gasteiger partial charge in [0, 0.05) is 66.5 Å². The van der Waals surface area contributed by atoms with Crippen molar-refractivity contribution in [3.05, 3.63) is 116 Å². The lowest BCUT2D eigenvalue weighted by molar-refractivity contribution is -0.167. The molecule has 12 nitrogen and oxygen atoms in total. The van der Waals surface area contributed by atoms with Crippen molar-refractivity contribution >= 4 is 64.2 Å². The van der Waals surface area contributed by atoms with Gasteiger partial charge in [-0.1, -0.05) is 99.2 Å². The minimum Gasteiger partial charge on any atom is -0.479 e. The van der Waals surface area contributed by atoms with E-state index in [1.807, 2.05) is 37.0 Å². The summed E-state index contributed by atoms with van der Waals surface area (Å²) in [7, 11) is 0. The molecule has 0 spiro atoms. The van der Waals surface area contributed by atoms with E-state index in [0.717, 1.165) is 37.8 Å². The minimum absolute atomic E-state index is 0.0467. The Morgan fingerprint density at radius 1 is 0.730 bits per heavy atom. The maximum atomic E-state index is 14.0. The SMILES string of the molecule is CC[C@H](C)/C=C(C)/C=C/C1=CC2=C(Cl)C(=O)[C@@](C)(OC(C)=O)C(=O)C2=CN1CCCC[C@@](C)(C(=O)O)N1C=C2C(=O)[C@](C)(OC(C)=O)C(=O)C(Cl)=C2C=C1/C=C/C(C)=C/[C@@H](C)CC. The summed E-state index contributed by atoms with van der Waals surface area (Å²) in [4.78, 5) is 95.6. The zero-order chi connectivity index (χ0) is 47.4. The Morgan fingerprint density at radius 2 is 1.16 bits per heavy atom. The van der Waals surface area contributed by atoms with Gasteiger partial charge in [0.25, 0.3) is 0 Å². The first-order valence-electron chi connectivity index (χ1n) is 21.1. The highest BCUT2D eigenvalue weighted by molar-refractivity contribution is 6.50. The molecule has 0 amide bonds. The Hall–Kier alpha value is -5.33. The molecule has 4 rings (SSSR count). The molecule has 0 unspecified atom stereocenters. The molecule has 1 N–H and O–H groups in total. The molecule has 0 bridgehead atoms. The number of rotatable bonds is 17. The molecule has 338 valence electrons. The van der Waals surface area contributed by atoms with Crippen LogP contribution in [0.15, 0.2) is 116 Å². The van der Waals surface area contributed by atoms with E-state index in [0.29, 0.717) is 30.2 Å². The van der Waals surface area contributed by atoms with Crippen molar-refractivity contribution in [3.8, 4) is 0 Å². The number of unbranched alkanes of at least 4 members (excludes halogenated alkanes) is 1. The number of nitrogens with zero attached hydrogens (tertiary/aromatic N) is 2. The standard InChI is InChI=1S/C49H58Cl2N2O10/c1-12-28(3)22-30(5)16-18-34-24-36-38(42(56)48(10,62-32(7)54)44(58)40(36)50)26-52(34)21-15-14-20-47(9,46(60)61)53-27-39-37(25-35(53)19-17-31(6)23-29(4)13-2)41(51)45(59)49(11,43(39)57)63-33(8)55/h16-19,22-29H,12-15,20-21H2,1-11H3,(H,60,61)/b18-16+,19-17+,30-22+,31-23+/t28-,29-,47-,48-,49-/m0/s1. The van der Waals surface area contributed by atoms with E-state index in [9.17, 15) is 38.7 Å². The van der Waals surface area contributed by atoms with Crippen LogP contribution in [0.4, 0.5) is 0 Å². The van der Waals surface area contributed by atoms with Crippen molar-refractivity contribution in [1.29, 1.82) is 0 Å². The van der Waals surface area contributed by atoms with E-state index in [1.165, 1.54) is 37.9 Å². The first-order valence-corrected chi connectivity index (χ1v) is 21.9. The molecule has 5 atom stereocenters. The van der Waals surface area contributed by atoms with Crippen LogP contribution in [-0.4, -0.2) is 79.2 Å². The van der Waals surface area contributed by atoms with Crippen LogP contribution < -0.4 is 0 Å². The van der Waals surface area contributed by atoms with Gasteiger partial charge in [-0.25, -0.2) is 4.79 Å². The molecule has 0 radical (unpaired) electrons. The summed E-state index contributed by atoms with van der Waals surface area (Å²) < 4.78 is 10.5. The fourth-order valence-corrected chi connectivity index (χ4v) is 8.37. The number of ketones is 4. The van der Waals surface area contributed by atoms with Crippen LogP contribution in [0.3, 0.4) is 0 Å². The summed E-state index contributed by atoms with van der Waals surface area (Å²) in [5, 5.41) is 10.4. The van der Waals surface area contributed by atoms with Crippen molar-refractivity contribution in [3.63, 3.8) is 0 Å². The van der Waals surface area contributed by atoms with Crippen molar-refractivity contribution in [2.45, 2.75) is 125 Å². The first kappa shape index (κ1) is 50.3. The van der Waals surface area contributed by atoms with Gasteiger partial charge in [-0.2, -0.15) is 0 Å². The first-order chi connectivity index (χ1) is 29.4. The summed E-state index contributed by atoms with van der Waals surface area (Å²) in [5.74, 6) is -5.59. The molecule has 2 heterocycles. The molecule has 14 heteroatoms. The number of carbonyl (C=O) groups is 7. The third kappa shape index (κ3) is 10.6. The lowest BCUT2D eigenvalue weighted by Gasteiger charge is -2.42. The van der Waals surface area contributed by atoms with Gasteiger partial charge in [-0.05, 0) is 90.0 Å². The summed E-state index contributed by atoms with van der Waals surface area (Å²) in [6.07, 6.45) is 20.2. The zero-order valence-corrected chi connectivity index (χ0v) is 39.5. The number of ether oxygens (including phenoxy) is 2. The maximum absolute atomic E-state index is 14.0. The molecule has 4 aliphatic rings. The predicted octanol–water partition coefficient (Wildman–Crippen LogP) is 9.20. The van der Waals surface area contributed by atoms with Crippen molar-refractivity contribution < 1.29 is 48.1 Å². The number of hydrogen-bond donors (Lipinski definition) is 1. The van der Waals surface area contributed by atoms with Crippen LogP contribution in [0, 0.1) is 11.8 Å². The zero-order valence-electron chi connectivity index (χ0n) is 37.9. The van der Waals surface area contributed by atoms with Gasteiger partial charge in [0.15, 0.2) is 0 Å². The number of carboxylic acids is 1. The second-order valence-corrected chi connectivity index (χ2v) is 17.9. The van der Waals surface area contributed by atoms with Gasteiger partial charge in [-0.3, -0.25) is 28.8 Å². The lowest BCUT2D eigenvalue weighted by atomic mass is 9.78. The number of aliphatic carboxylic acids is 1. The summed E-state index contributed by atoms with van der Waals surface area (Å²) in [6.45, 7) is 18.6. The average Bonchev–Trinajstić information content (AvgIpc) is 3.22. The molecule has 0 aromatic carbocycles. The fourth-order valence-electron chi connectivity index (χ4n) is 7.70. The fraction of sp³-hybridized carbons (Fsp3) is 0.449. The molecule has 0 aromatic rings. The molecule has 63 heavy (non-hydrogen) atoms. The van der Waals surface area contributed by atoms with Crippen LogP contribution in [0.5, 0.6) is 0 Å². The Balaban J connectivity index is 1.76. The van der Waals surface area contributed by atoms with Crippen LogP contribution in [-0.2, 0) is 43.0 Å². The van der Waals surface area contributed by atoms with E-state index in [4.69, 9.17) is 32.7 Å². The molecule has 0 saturated heterocycles. The number of Topliss-reactive ketones (excluding diaryl/α,β-unsaturated/α-hetero) is 4. The molecule has 0 fully saturated rings. The highest BCUT2D eigenvalue weighted by Crippen LogP contribution is 2.43. The van der Waals surface area contributed by atoms with Gasteiger partial charge >= 0.3 is 17.9 Å². The quantitative estimate of drug-likeness (QED) is 0.0638. The molecule has 0 saturated carbocycles. The minimum atomic E-state index is -2.26. The van der Waals surface area contributed by atoms with E-state index < -0.39 is 57.8 Å².